The molecule has 2 nitrogen and oxygen atoms in total. The van der Waals surface area contributed by atoms with E-state index in [2.05, 4.69) is 0 Å². The summed E-state index contributed by atoms with van der Waals surface area (Å²) in [5.41, 5.74) is -1.18. The van der Waals surface area contributed by atoms with Crippen LogP contribution >= 0.6 is 0 Å². The average Bonchev–Trinajstić information content (AvgIpc) is 2.32. The molecule has 0 radical (unpaired) electrons. The molecule has 0 heterocycles. The van der Waals surface area contributed by atoms with Gasteiger partial charge < -0.3 is 9.84 Å². The maximum absolute atomic E-state index is 13.3. The fraction of sp³-hybridized carbons (Fsp3) is 0.538. The molecule has 1 aromatic carbocycles. The van der Waals surface area contributed by atoms with Crippen LogP contribution in [0.1, 0.15) is 37.0 Å². The molecule has 108 valence electrons. The SMILES string of the molecule is CCOCCCC(O)c1ccc(C(F)(F)F)c(F)c1. The lowest BCUT2D eigenvalue weighted by Crippen LogP contribution is -2.09. The number of hydrogen-bond donors (Lipinski definition) is 1. The van der Waals surface area contributed by atoms with E-state index < -0.39 is 23.7 Å². The standard InChI is InChI=1S/C13H16F4O2/c1-2-19-7-3-4-12(18)9-5-6-10(11(14)8-9)13(15,16)17/h5-6,8,12,18H,2-4,7H2,1H3. The third-order valence-electron chi connectivity index (χ3n) is 2.65. The van der Waals surface area contributed by atoms with Gasteiger partial charge in [0.05, 0.1) is 11.7 Å². The molecular formula is C13H16F4O2. The van der Waals surface area contributed by atoms with E-state index in [0.29, 0.717) is 32.1 Å². The molecule has 0 saturated heterocycles. The van der Waals surface area contributed by atoms with Crippen molar-refractivity contribution in [2.75, 3.05) is 13.2 Å². The summed E-state index contributed by atoms with van der Waals surface area (Å²) in [5, 5.41) is 9.73. The third-order valence-corrected chi connectivity index (χ3v) is 2.65. The van der Waals surface area contributed by atoms with Crippen LogP contribution in [0.3, 0.4) is 0 Å². The molecule has 19 heavy (non-hydrogen) atoms. The van der Waals surface area contributed by atoms with Crippen LogP contribution in [-0.2, 0) is 10.9 Å². The second-order valence-electron chi connectivity index (χ2n) is 4.09. The molecule has 1 rings (SSSR count). The Morgan fingerprint density at radius 2 is 2.00 bits per heavy atom. The Balaban J connectivity index is 2.67. The van der Waals surface area contributed by atoms with Gasteiger partial charge in [0.25, 0.3) is 0 Å². The highest BCUT2D eigenvalue weighted by Crippen LogP contribution is 2.32. The van der Waals surface area contributed by atoms with Crippen molar-refractivity contribution in [1.29, 1.82) is 0 Å². The molecule has 1 unspecified atom stereocenters. The molecule has 0 bridgehead atoms. The topological polar surface area (TPSA) is 29.5 Å². The highest BCUT2D eigenvalue weighted by Gasteiger charge is 2.34. The Morgan fingerprint density at radius 3 is 2.53 bits per heavy atom. The van der Waals surface area contributed by atoms with Gasteiger partial charge in [-0.3, -0.25) is 0 Å². The Morgan fingerprint density at radius 1 is 1.32 bits per heavy atom. The summed E-state index contributed by atoms with van der Waals surface area (Å²) in [4.78, 5) is 0. The summed E-state index contributed by atoms with van der Waals surface area (Å²) in [6, 6.07) is 2.47. The van der Waals surface area contributed by atoms with Crippen LogP contribution in [0.15, 0.2) is 18.2 Å². The van der Waals surface area contributed by atoms with E-state index in [4.69, 9.17) is 4.74 Å². The highest BCUT2D eigenvalue weighted by molar-refractivity contribution is 5.27. The van der Waals surface area contributed by atoms with Crippen LogP contribution in [0.25, 0.3) is 0 Å². The van der Waals surface area contributed by atoms with Crippen LogP contribution in [0.5, 0.6) is 0 Å². The number of hydrogen-bond acceptors (Lipinski definition) is 2. The van der Waals surface area contributed by atoms with Gasteiger partial charge in [-0.2, -0.15) is 13.2 Å². The predicted octanol–water partition coefficient (Wildman–Crippen LogP) is 3.69. The minimum atomic E-state index is -4.72. The maximum atomic E-state index is 13.3. The van der Waals surface area contributed by atoms with E-state index >= 15 is 0 Å². The van der Waals surface area contributed by atoms with Crippen molar-refractivity contribution < 1.29 is 27.4 Å². The van der Waals surface area contributed by atoms with Crippen molar-refractivity contribution in [3.8, 4) is 0 Å². The highest BCUT2D eigenvalue weighted by atomic mass is 19.4. The first kappa shape index (κ1) is 15.9. The van der Waals surface area contributed by atoms with Crippen molar-refractivity contribution in [1.82, 2.24) is 0 Å². The lowest BCUT2D eigenvalue weighted by molar-refractivity contribution is -0.140. The molecule has 0 aliphatic rings. The van der Waals surface area contributed by atoms with Gasteiger partial charge in [0.2, 0.25) is 0 Å². The summed E-state index contributed by atoms with van der Waals surface area (Å²) in [5.74, 6) is -1.37. The van der Waals surface area contributed by atoms with Gasteiger partial charge in [0.15, 0.2) is 0 Å². The van der Waals surface area contributed by atoms with Gasteiger partial charge in [-0.25, -0.2) is 4.39 Å². The smallest absolute Gasteiger partial charge is 0.388 e. The Labute approximate surface area is 109 Å². The summed E-state index contributed by atoms with van der Waals surface area (Å²) in [6.45, 7) is 2.85. The minimum absolute atomic E-state index is 0.141. The lowest BCUT2D eigenvalue weighted by atomic mass is 10.0. The van der Waals surface area contributed by atoms with Crippen molar-refractivity contribution >= 4 is 0 Å². The number of aliphatic hydroxyl groups is 1. The maximum Gasteiger partial charge on any atom is 0.419 e. The number of alkyl halides is 3. The first-order valence-electron chi connectivity index (χ1n) is 5.98. The normalized spacial score (nSPS) is 13.6. The number of rotatable bonds is 6. The number of halogens is 4. The Bertz CT molecular complexity index is 404. The minimum Gasteiger partial charge on any atom is -0.388 e. The fourth-order valence-electron chi connectivity index (χ4n) is 1.66. The fourth-order valence-corrected chi connectivity index (χ4v) is 1.66. The van der Waals surface area contributed by atoms with Gasteiger partial charge in [-0.15, -0.1) is 0 Å². The number of benzene rings is 1. The van der Waals surface area contributed by atoms with Crippen LogP contribution < -0.4 is 0 Å². The molecular weight excluding hydrogens is 264 g/mol. The van der Waals surface area contributed by atoms with E-state index in [1.807, 2.05) is 6.92 Å². The second-order valence-corrected chi connectivity index (χ2v) is 4.09. The molecule has 0 aliphatic carbocycles. The Hall–Kier alpha value is -1.14. The van der Waals surface area contributed by atoms with Crippen molar-refractivity contribution in [2.45, 2.75) is 32.0 Å². The van der Waals surface area contributed by atoms with Gasteiger partial charge in [0.1, 0.15) is 5.82 Å². The molecule has 0 aromatic heterocycles. The summed E-state index contributed by atoms with van der Waals surface area (Å²) in [6.07, 6.45) is -4.84. The van der Waals surface area contributed by atoms with E-state index in [1.165, 1.54) is 0 Å². The van der Waals surface area contributed by atoms with E-state index in [9.17, 15) is 22.7 Å². The van der Waals surface area contributed by atoms with Gasteiger partial charge in [-0.1, -0.05) is 6.07 Å². The zero-order valence-corrected chi connectivity index (χ0v) is 10.5. The van der Waals surface area contributed by atoms with Crippen LogP contribution in [0.2, 0.25) is 0 Å². The predicted molar refractivity (Wildman–Crippen MR) is 62.1 cm³/mol. The molecule has 1 N–H and O–H groups in total. The molecule has 0 fully saturated rings. The summed E-state index contributed by atoms with van der Waals surface area (Å²) >= 11 is 0. The van der Waals surface area contributed by atoms with E-state index in [0.717, 1.165) is 12.1 Å². The third kappa shape index (κ3) is 4.80. The lowest BCUT2D eigenvalue weighted by Gasteiger charge is -2.13. The summed E-state index contributed by atoms with van der Waals surface area (Å²) < 4.78 is 55.4. The van der Waals surface area contributed by atoms with Crippen molar-refractivity contribution in [3.05, 3.63) is 35.1 Å². The molecule has 0 spiro atoms. The molecule has 1 atom stereocenters. The zero-order chi connectivity index (χ0) is 14.5. The quantitative estimate of drug-likeness (QED) is 0.636. The van der Waals surface area contributed by atoms with Crippen LogP contribution in [0, 0.1) is 5.82 Å². The largest absolute Gasteiger partial charge is 0.419 e. The number of ether oxygens (including phenoxy) is 1. The Kier molecular flexibility index (Phi) is 5.75. The van der Waals surface area contributed by atoms with Crippen LogP contribution in [0.4, 0.5) is 17.6 Å². The first-order chi connectivity index (χ1) is 8.86. The number of aliphatic hydroxyl groups excluding tert-OH is 1. The molecule has 0 saturated carbocycles. The molecule has 0 amide bonds. The van der Waals surface area contributed by atoms with E-state index in [1.54, 1.807) is 0 Å². The summed E-state index contributed by atoms with van der Waals surface area (Å²) in [7, 11) is 0. The van der Waals surface area contributed by atoms with Crippen molar-refractivity contribution in [3.63, 3.8) is 0 Å². The molecule has 0 aliphatic heterocycles. The van der Waals surface area contributed by atoms with Gasteiger partial charge in [0, 0.05) is 13.2 Å². The van der Waals surface area contributed by atoms with Crippen molar-refractivity contribution in [2.24, 2.45) is 0 Å². The van der Waals surface area contributed by atoms with E-state index in [-0.39, 0.29) is 5.56 Å². The average molecular weight is 280 g/mol. The van der Waals surface area contributed by atoms with Gasteiger partial charge >= 0.3 is 6.18 Å². The monoisotopic (exact) mass is 280 g/mol. The van der Waals surface area contributed by atoms with Gasteiger partial charge in [-0.05, 0) is 37.5 Å². The molecule has 6 heteroatoms. The van der Waals surface area contributed by atoms with Crippen LogP contribution in [-0.4, -0.2) is 18.3 Å². The first-order valence-corrected chi connectivity index (χ1v) is 5.98. The zero-order valence-electron chi connectivity index (χ0n) is 10.5. The second kappa shape index (κ2) is 6.86. The molecule has 1 aromatic rings.